The molecule has 3 rings (SSSR count). The number of nitrogens with zero attached hydrogens (tertiary/aromatic N) is 3. The largest absolute Gasteiger partial charge is 0.492 e. The minimum absolute atomic E-state index is 0.0142. The highest BCUT2D eigenvalue weighted by molar-refractivity contribution is 5.80. The summed E-state index contributed by atoms with van der Waals surface area (Å²) in [5, 5.41) is 9.03. The quantitative estimate of drug-likeness (QED) is 0.649. The number of allylic oxidation sites excluding steroid dienone is 2. The van der Waals surface area contributed by atoms with E-state index in [1.165, 1.54) is 0 Å². The molecule has 1 aliphatic heterocycles. The van der Waals surface area contributed by atoms with Crippen LogP contribution >= 0.6 is 0 Å². The summed E-state index contributed by atoms with van der Waals surface area (Å²) in [4.78, 5) is 32.6. The van der Waals surface area contributed by atoms with Crippen LogP contribution in [0.4, 0.5) is 4.79 Å². The van der Waals surface area contributed by atoms with Crippen LogP contribution in [0, 0.1) is 11.8 Å². The maximum absolute atomic E-state index is 12.4. The second-order valence-electron chi connectivity index (χ2n) is 10.3. The lowest BCUT2D eigenvalue weighted by Gasteiger charge is -2.33. The van der Waals surface area contributed by atoms with Gasteiger partial charge in [0.15, 0.2) is 0 Å². The number of carbonyl (C=O) groups excluding carboxylic acids is 2. The number of aliphatic hydroxyl groups excluding tert-OH is 1. The molecule has 8 nitrogen and oxygen atoms in total. The van der Waals surface area contributed by atoms with Crippen LogP contribution in [0.3, 0.4) is 0 Å². The number of hydrogen-bond acceptors (Lipinski definition) is 6. The predicted octanol–water partition coefficient (Wildman–Crippen LogP) is 3.74. The van der Waals surface area contributed by atoms with Gasteiger partial charge in [-0.1, -0.05) is 6.08 Å². The van der Waals surface area contributed by atoms with Gasteiger partial charge in [-0.2, -0.15) is 0 Å². The number of aromatic nitrogens is 1. The third-order valence-electron chi connectivity index (χ3n) is 6.39. The van der Waals surface area contributed by atoms with Crippen LogP contribution in [0.1, 0.15) is 58.6 Å². The van der Waals surface area contributed by atoms with Crippen LogP contribution in [0.5, 0.6) is 5.75 Å². The second-order valence-corrected chi connectivity index (χ2v) is 10.3. The van der Waals surface area contributed by atoms with Crippen LogP contribution < -0.4 is 4.74 Å². The zero-order valence-corrected chi connectivity index (χ0v) is 21.0. The number of rotatable bonds is 7. The minimum atomic E-state index is -0.472. The van der Waals surface area contributed by atoms with Gasteiger partial charge >= 0.3 is 6.09 Å². The lowest BCUT2D eigenvalue weighted by atomic mass is 9.87. The summed E-state index contributed by atoms with van der Waals surface area (Å²) < 4.78 is 11.4. The molecule has 2 amide bonds. The number of likely N-dealkylation sites (tertiary alicyclic amines) is 1. The van der Waals surface area contributed by atoms with Crippen molar-refractivity contribution in [3.05, 3.63) is 30.1 Å². The van der Waals surface area contributed by atoms with Gasteiger partial charge < -0.3 is 24.4 Å². The Balaban J connectivity index is 1.43. The molecule has 1 fully saturated rings. The van der Waals surface area contributed by atoms with E-state index < -0.39 is 5.60 Å². The Labute approximate surface area is 202 Å². The van der Waals surface area contributed by atoms with Crippen LogP contribution in [-0.4, -0.2) is 77.4 Å². The van der Waals surface area contributed by atoms with Crippen LogP contribution in [0.2, 0.25) is 0 Å². The van der Waals surface area contributed by atoms with Crippen LogP contribution in [-0.2, 0) is 9.53 Å². The molecule has 8 heteroatoms. The van der Waals surface area contributed by atoms with Crippen molar-refractivity contribution in [1.29, 1.82) is 0 Å². The highest BCUT2D eigenvalue weighted by Crippen LogP contribution is 2.31. The van der Waals surface area contributed by atoms with E-state index in [9.17, 15) is 9.59 Å². The van der Waals surface area contributed by atoms with E-state index in [-0.39, 0.29) is 24.5 Å². The fourth-order valence-electron chi connectivity index (χ4n) is 4.34. The molecule has 1 aliphatic carbocycles. The maximum atomic E-state index is 12.4. The van der Waals surface area contributed by atoms with E-state index in [1.807, 2.05) is 32.9 Å². The molecular weight excluding hydrogens is 434 g/mol. The number of piperidine rings is 1. The summed E-state index contributed by atoms with van der Waals surface area (Å²) in [6, 6.07) is 3.93. The van der Waals surface area contributed by atoms with E-state index >= 15 is 0 Å². The maximum Gasteiger partial charge on any atom is 0.410 e. The van der Waals surface area contributed by atoms with Gasteiger partial charge in [0.1, 0.15) is 11.4 Å². The molecule has 1 atom stereocenters. The first kappa shape index (κ1) is 26.0. The summed E-state index contributed by atoms with van der Waals surface area (Å²) in [5.41, 5.74) is 1.61. The first-order valence-corrected chi connectivity index (χ1v) is 12.3. The average molecular weight is 474 g/mol. The summed E-state index contributed by atoms with van der Waals surface area (Å²) in [6.07, 6.45) is 7.73. The van der Waals surface area contributed by atoms with Crippen molar-refractivity contribution in [3.8, 4) is 5.75 Å². The molecule has 1 N–H and O–H groups in total. The van der Waals surface area contributed by atoms with Crippen molar-refractivity contribution < 1.29 is 24.2 Å². The summed E-state index contributed by atoms with van der Waals surface area (Å²) >= 11 is 0. The SMILES string of the molecule is CN(CCO)C(=O)C1CC=C(c2ccc(OCC3CCN(C(=O)OC(C)(C)C)CC3)cn2)CC1. The minimum Gasteiger partial charge on any atom is -0.492 e. The van der Waals surface area contributed by atoms with E-state index in [4.69, 9.17) is 14.6 Å². The summed E-state index contributed by atoms with van der Waals surface area (Å²) in [7, 11) is 1.74. The highest BCUT2D eigenvalue weighted by atomic mass is 16.6. The number of carbonyl (C=O) groups is 2. The monoisotopic (exact) mass is 473 g/mol. The van der Waals surface area contributed by atoms with Crippen molar-refractivity contribution in [1.82, 2.24) is 14.8 Å². The first-order chi connectivity index (χ1) is 16.2. The molecule has 0 saturated carbocycles. The number of aliphatic hydroxyl groups is 1. The van der Waals surface area contributed by atoms with Gasteiger partial charge in [0.05, 0.1) is 25.1 Å². The van der Waals surface area contributed by atoms with E-state index in [0.717, 1.165) is 42.7 Å². The lowest BCUT2D eigenvalue weighted by molar-refractivity contribution is -0.134. The first-order valence-electron chi connectivity index (χ1n) is 12.3. The van der Waals surface area contributed by atoms with Crippen LogP contribution in [0.25, 0.3) is 5.57 Å². The highest BCUT2D eigenvalue weighted by Gasteiger charge is 2.27. The van der Waals surface area contributed by atoms with Crippen molar-refractivity contribution >= 4 is 17.6 Å². The molecule has 0 spiro atoms. The van der Waals surface area contributed by atoms with Gasteiger partial charge in [-0.25, -0.2) is 4.79 Å². The molecule has 1 saturated heterocycles. The summed E-state index contributed by atoms with van der Waals surface area (Å²) in [5.74, 6) is 1.22. The zero-order valence-electron chi connectivity index (χ0n) is 21.0. The summed E-state index contributed by atoms with van der Waals surface area (Å²) in [6.45, 7) is 7.99. The number of ether oxygens (including phenoxy) is 2. The molecule has 1 aromatic rings. The standard InChI is InChI=1S/C26H39N3O5/c1-26(2,3)34-25(32)29-13-11-19(12-14-29)18-33-22-9-10-23(27-17-22)20-5-7-21(8-6-20)24(31)28(4)15-16-30/h5,9-10,17,19,21,30H,6-8,11-16,18H2,1-4H3. The predicted molar refractivity (Wildman–Crippen MR) is 130 cm³/mol. The fraction of sp³-hybridized carbons (Fsp3) is 0.654. The normalized spacial score (nSPS) is 19.4. The van der Waals surface area contributed by atoms with Crippen molar-refractivity contribution in [2.24, 2.45) is 11.8 Å². The Hall–Kier alpha value is -2.61. The fourth-order valence-corrected chi connectivity index (χ4v) is 4.34. The number of pyridine rings is 1. The molecule has 0 radical (unpaired) electrons. The molecule has 0 aromatic carbocycles. The Morgan fingerprint density at radius 3 is 2.50 bits per heavy atom. The number of likely N-dealkylation sites (N-methyl/N-ethyl adjacent to an activating group) is 1. The van der Waals surface area contributed by atoms with Crippen molar-refractivity contribution in [2.45, 2.75) is 58.5 Å². The number of amides is 2. The Morgan fingerprint density at radius 2 is 1.94 bits per heavy atom. The van der Waals surface area contributed by atoms with E-state index in [1.54, 1.807) is 23.0 Å². The van der Waals surface area contributed by atoms with Crippen molar-refractivity contribution in [2.75, 3.05) is 39.9 Å². The van der Waals surface area contributed by atoms with Gasteiger partial charge in [0, 0.05) is 32.6 Å². The van der Waals surface area contributed by atoms with Crippen LogP contribution in [0.15, 0.2) is 24.4 Å². The van der Waals surface area contributed by atoms with Gasteiger partial charge in [-0.3, -0.25) is 9.78 Å². The van der Waals surface area contributed by atoms with E-state index in [2.05, 4.69) is 11.1 Å². The molecule has 1 aromatic heterocycles. The Kier molecular flexibility index (Phi) is 8.94. The van der Waals surface area contributed by atoms with Gasteiger partial charge in [0.25, 0.3) is 0 Å². The van der Waals surface area contributed by atoms with E-state index in [0.29, 0.717) is 38.6 Å². The molecule has 2 aliphatic rings. The molecule has 34 heavy (non-hydrogen) atoms. The lowest BCUT2D eigenvalue weighted by Crippen LogP contribution is -2.42. The number of hydrogen-bond donors (Lipinski definition) is 1. The zero-order chi connectivity index (χ0) is 24.7. The molecular formula is C26H39N3O5. The van der Waals surface area contributed by atoms with Gasteiger partial charge in [-0.05, 0) is 76.5 Å². The Morgan fingerprint density at radius 1 is 1.21 bits per heavy atom. The molecule has 1 unspecified atom stereocenters. The third-order valence-corrected chi connectivity index (χ3v) is 6.39. The third kappa shape index (κ3) is 7.45. The molecule has 0 bridgehead atoms. The Bertz CT molecular complexity index is 854. The average Bonchev–Trinajstić information content (AvgIpc) is 2.82. The van der Waals surface area contributed by atoms with Gasteiger partial charge in [0.2, 0.25) is 5.91 Å². The molecule has 2 heterocycles. The molecule has 188 valence electrons. The topological polar surface area (TPSA) is 92.2 Å². The smallest absolute Gasteiger partial charge is 0.410 e. The van der Waals surface area contributed by atoms with Crippen molar-refractivity contribution in [3.63, 3.8) is 0 Å². The van der Waals surface area contributed by atoms with Gasteiger partial charge in [-0.15, -0.1) is 0 Å². The second kappa shape index (κ2) is 11.7.